The van der Waals surface area contributed by atoms with Gasteiger partial charge in [-0.1, -0.05) is 12.1 Å². The van der Waals surface area contributed by atoms with Crippen LogP contribution < -0.4 is 5.32 Å². The first kappa shape index (κ1) is 35.0. The van der Waals surface area contributed by atoms with E-state index in [-0.39, 0.29) is 48.1 Å². The van der Waals surface area contributed by atoms with Gasteiger partial charge in [-0.3, -0.25) is 14.4 Å². The average Bonchev–Trinajstić information content (AvgIpc) is 3.57. The lowest BCUT2D eigenvalue weighted by Gasteiger charge is -2.36. The highest BCUT2D eigenvalue weighted by Crippen LogP contribution is 2.49. The normalized spacial score (nSPS) is 20.1. The van der Waals surface area contributed by atoms with Crippen molar-refractivity contribution in [2.75, 3.05) is 34.7 Å². The number of nitrogens with zero attached hydrogens (tertiary/aromatic N) is 6. The van der Waals surface area contributed by atoms with E-state index in [1.54, 1.807) is 45.2 Å². The molecule has 2 aliphatic carbocycles. The molecule has 0 bridgehead atoms. The molecule has 7 rings (SSSR count). The number of hydrogen-bond acceptors (Lipinski definition) is 8. The summed E-state index contributed by atoms with van der Waals surface area (Å²) in [7, 11) is 6.86. The van der Waals surface area contributed by atoms with E-state index in [4.69, 9.17) is 4.42 Å². The molecule has 12 heteroatoms. The first-order valence-corrected chi connectivity index (χ1v) is 17.7. The van der Waals surface area contributed by atoms with Crippen LogP contribution >= 0.6 is 0 Å². The second kappa shape index (κ2) is 13.6. The lowest BCUT2D eigenvalue weighted by atomic mass is 9.68. The van der Waals surface area contributed by atoms with Crippen LogP contribution in [0.2, 0.25) is 0 Å². The fourth-order valence-electron chi connectivity index (χ4n) is 8.09. The van der Waals surface area contributed by atoms with Crippen molar-refractivity contribution in [1.82, 2.24) is 30.2 Å². The number of likely N-dealkylation sites (tertiary alicyclic amines) is 1. The third-order valence-corrected chi connectivity index (χ3v) is 10.7. The monoisotopic (exact) mass is 703 g/mol. The van der Waals surface area contributed by atoms with Crippen molar-refractivity contribution in [2.45, 2.75) is 62.6 Å². The van der Waals surface area contributed by atoms with Gasteiger partial charge in [0, 0.05) is 57.0 Å². The molecular formula is C40H42FN7O4. The summed E-state index contributed by atoms with van der Waals surface area (Å²) < 4.78 is 20.5. The van der Waals surface area contributed by atoms with Crippen LogP contribution in [0.4, 0.5) is 4.39 Å². The number of carbonyl (C=O) groups excluding carboxylic acids is 3. The van der Waals surface area contributed by atoms with E-state index in [0.717, 1.165) is 35.1 Å². The summed E-state index contributed by atoms with van der Waals surface area (Å²) in [5.74, 6) is 0.165. The van der Waals surface area contributed by atoms with Crippen LogP contribution in [-0.4, -0.2) is 95.5 Å². The van der Waals surface area contributed by atoms with E-state index in [1.807, 2.05) is 43.3 Å². The minimum absolute atomic E-state index is 0.0512. The predicted octanol–water partition coefficient (Wildman–Crippen LogP) is 4.59. The standard InChI is InChI=1S/C40H42FN7O4/c1-23(43-22-35(49)48-31(21-42)18-29-19-34(29)48)20-40(39-45-44-36(52-39)24-8-12-30(41)13-9-24)32-14-10-27(37(50)46(2)3)16-25(32)6-7-26-17-28(11-15-33(26)40)38(51)47(4)5/h8-17,23,29,31,34,43H,6-7,18-20,22H2,1-5H3/t23-,29-,31+,34+/m1/s1. The zero-order valence-electron chi connectivity index (χ0n) is 30.0. The van der Waals surface area contributed by atoms with E-state index < -0.39 is 11.5 Å². The van der Waals surface area contributed by atoms with Crippen molar-refractivity contribution >= 4 is 17.7 Å². The van der Waals surface area contributed by atoms with E-state index in [2.05, 4.69) is 21.6 Å². The van der Waals surface area contributed by atoms with Crippen LogP contribution in [-0.2, 0) is 23.1 Å². The Labute approximate surface area is 302 Å². The number of halogens is 1. The molecule has 3 aromatic carbocycles. The summed E-state index contributed by atoms with van der Waals surface area (Å²) in [6, 6.07) is 18.9. The number of piperidine rings is 1. The van der Waals surface area contributed by atoms with Gasteiger partial charge in [-0.15, -0.1) is 10.2 Å². The molecule has 3 aliphatic rings. The SMILES string of the molecule is C[C@H](CC1(c2nnc(-c3ccc(F)cc3)o2)c2ccc(C(=O)N(C)C)cc2CCc2cc(C(=O)N(C)C)ccc21)NCC(=O)N1[C@H](C#N)C[C@@H]2C[C@@H]21. The van der Waals surface area contributed by atoms with Crippen molar-refractivity contribution < 1.29 is 23.2 Å². The molecular weight excluding hydrogens is 661 g/mol. The van der Waals surface area contributed by atoms with Gasteiger partial charge >= 0.3 is 0 Å². The highest BCUT2D eigenvalue weighted by Gasteiger charge is 2.54. The van der Waals surface area contributed by atoms with Crippen LogP contribution in [0.15, 0.2) is 65.1 Å². The van der Waals surface area contributed by atoms with Gasteiger partial charge in [0.05, 0.1) is 12.6 Å². The Kier molecular flexibility index (Phi) is 9.17. The minimum Gasteiger partial charge on any atom is -0.419 e. The Hall–Kier alpha value is -5.41. The van der Waals surface area contributed by atoms with Crippen LogP contribution in [0.25, 0.3) is 11.5 Å². The van der Waals surface area contributed by atoms with Crippen molar-refractivity contribution in [2.24, 2.45) is 5.92 Å². The number of aryl methyl sites for hydroxylation is 2. The highest BCUT2D eigenvalue weighted by molar-refractivity contribution is 5.95. The maximum Gasteiger partial charge on any atom is 0.253 e. The number of aromatic nitrogens is 2. The largest absolute Gasteiger partial charge is 0.419 e. The molecule has 268 valence electrons. The second-order valence-corrected chi connectivity index (χ2v) is 14.7. The van der Waals surface area contributed by atoms with Gasteiger partial charge in [0.1, 0.15) is 17.3 Å². The summed E-state index contributed by atoms with van der Waals surface area (Å²) in [4.78, 5) is 44.7. The summed E-state index contributed by atoms with van der Waals surface area (Å²) in [6.45, 7) is 2.05. The first-order chi connectivity index (χ1) is 24.9. The topological polar surface area (TPSA) is 136 Å². The molecule has 1 saturated carbocycles. The average molecular weight is 704 g/mol. The third kappa shape index (κ3) is 6.23. The Morgan fingerprint density at radius 3 is 2.10 bits per heavy atom. The van der Waals surface area contributed by atoms with Gasteiger partial charge < -0.3 is 24.4 Å². The summed E-state index contributed by atoms with van der Waals surface area (Å²) in [5.41, 5.74) is 4.11. The fourth-order valence-corrected chi connectivity index (χ4v) is 8.09. The number of hydrogen-bond donors (Lipinski definition) is 1. The zero-order valence-corrected chi connectivity index (χ0v) is 30.0. The maximum absolute atomic E-state index is 13.9. The fraction of sp³-hybridized carbons (Fsp3) is 0.400. The molecule has 52 heavy (non-hydrogen) atoms. The number of benzene rings is 3. The molecule has 1 saturated heterocycles. The predicted molar refractivity (Wildman–Crippen MR) is 191 cm³/mol. The van der Waals surface area contributed by atoms with Gasteiger partial charge in [-0.2, -0.15) is 5.26 Å². The maximum atomic E-state index is 13.9. The van der Waals surface area contributed by atoms with Gasteiger partial charge in [0.15, 0.2) is 0 Å². The summed E-state index contributed by atoms with van der Waals surface area (Å²) in [5, 5.41) is 22.3. The van der Waals surface area contributed by atoms with Gasteiger partial charge in [0.25, 0.3) is 11.8 Å². The lowest BCUT2D eigenvalue weighted by molar-refractivity contribution is -0.131. The molecule has 1 N–H and O–H groups in total. The summed E-state index contributed by atoms with van der Waals surface area (Å²) >= 11 is 0. The molecule has 0 spiro atoms. The number of rotatable bonds is 9. The van der Waals surface area contributed by atoms with Gasteiger partial charge in [-0.25, -0.2) is 4.39 Å². The zero-order chi connectivity index (χ0) is 36.9. The molecule has 0 unspecified atom stereocenters. The quantitative estimate of drug-likeness (QED) is 0.268. The number of carbonyl (C=O) groups is 3. The van der Waals surface area contributed by atoms with E-state index >= 15 is 0 Å². The highest BCUT2D eigenvalue weighted by atomic mass is 19.1. The Morgan fingerprint density at radius 1 is 0.942 bits per heavy atom. The van der Waals surface area contributed by atoms with Crippen LogP contribution in [0, 0.1) is 23.1 Å². The molecule has 1 aromatic heterocycles. The second-order valence-electron chi connectivity index (χ2n) is 14.7. The van der Waals surface area contributed by atoms with E-state index in [0.29, 0.717) is 47.8 Å². The van der Waals surface area contributed by atoms with Crippen molar-refractivity contribution in [3.8, 4) is 17.5 Å². The molecule has 2 heterocycles. The summed E-state index contributed by atoms with van der Waals surface area (Å²) in [6.07, 6.45) is 3.18. The minimum atomic E-state index is -1.09. The van der Waals surface area contributed by atoms with Crippen LogP contribution in [0.3, 0.4) is 0 Å². The molecule has 3 amide bonds. The Bertz CT molecular complexity index is 2010. The van der Waals surface area contributed by atoms with Crippen LogP contribution in [0.1, 0.15) is 75.0 Å². The van der Waals surface area contributed by atoms with Gasteiger partial charge in [-0.05, 0) is 116 Å². The van der Waals surface area contributed by atoms with Crippen molar-refractivity contribution in [3.63, 3.8) is 0 Å². The molecule has 2 fully saturated rings. The van der Waals surface area contributed by atoms with Crippen LogP contribution in [0.5, 0.6) is 0 Å². The Morgan fingerprint density at radius 2 is 1.54 bits per heavy atom. The molecule has 11 nitrogen and oxygen atoms in total. The molecule has 1 aliphatic heterocycles. The Balaban J connectivity index is 1.36. The third-order valence-electron chi connectivity index (χ3n) is 10.7. The van der Waals surface area contributed by atoms with E-state index in [9.17, 15) is 24.0 Å². The first-order valence-electron chi connectivity index (χ1n) is 17.7. The van der Waals surface area contributed by atoms with E-state index in [1.165, 1.54) is 21.9 Å². The molecule has 0 radical (unpaired) electrons. The molecule has 4 aromatic rings. The number of nitrogens with one attached hydrogen (secondary N) is 1. The number of fused-ring (bicyclic) bond motifs is 3. The van der Waals surface area contributed by atoms with Gasteiger partial charge in [0.2, 0.25) is 17.7 Å². The van der Waals surface area contributed by atoms with Crippen molar-refractivity contribution in [3.05, 3.63) is 106 Å². The number of amides is 3. The smallest absolute Gasteiger partial charge is 0.253 e. The van der Waals surface area contributed by atoms with Crippen molar-refractivity contribution in [1.29, 1.82) is 5.26 Å². The molecule has 4 atom stereocenters. The number of nitriles is 1. The lowest BCUT2D eigenvalue weighted by Crippen LogP contribution is -2.46.